The van der Waals surface area contributed by atoms with E-state index in [0.29, 0.717) is 0 Å². The molecule has 1 N–H and O–H groups in total. The molecule has 0 saturated heterocycles. The molecule has 1 aromatic carbocycles. The van der Waals surface area contributed by atoms with Crippen LogP contribution in [0.2, 0.25) is 0 Å². The van der Waals surface area contributed by atoms with Gasteiger partial charge in [-0.15, -0.1) is 11.3 Å². The van der Waals surface area contributed by atoms with Crippen LogP contribution in [0.3, 0.4) is 0 Å². The Labute approximate surface area is 112 Å². The largest absolute Gasteiger partial charge is 0.390 e. The number of rotatable bonds is 2. The molecule has 2 aromatic rings. The minimum atomic E-state index is -0.445. The van der Waals surface area contributed by atoms with Gasteiger partial charge in [0, 0.05) is 11.8 Å². The average Bonchev–Trinajstić information content (AvgIpc) is 2.82. The Bertz CT molecular complexity index is 590. The van der Waals surface area contributed by atoms with Crippen molar-refractivity contribution in [2.24, 2.45) is 0 Å². The van der Waals surface area contributed by atoms with Crippen molar-refractivity contribution < 1.29 is 5.11 Å². The molecule has 0 radical (unpaired) electrons. The first kappa shape index (κ1) is 12.1. The van der Waals surface area contributed by atoms with Gasteiger partial charge in [0.2, 0.25) is 0 Å². The Morgan fingerprint density at radius 2 is 2.06 bits per heavy atom. The van der Waals surface area contributed by atoms with Crippen molar-refractivity contribution in [3.05, 3.63) is 28.8 Å². The van der Waals surface area contributed by atoms with E-state index in [4.69, 9.17) is 4.98 Å². The van der Waals surface area contributed by atoms with Crippen LogP contribution in [-0.4, -0.2) is 15.7 Å². The lowest BCUT2D eigenvalue weighted by Crippen LogP contribution is -2.12. The lowest BCUT2D eigenvalue weighted by atomic mass is 9.98. The van der Waals surface area contributed by atoms with Crippen molar-refractivity contribution in [1.82, 2.24) is 4.98 Å². The number of aromatic nitrogens is 1. The molecule has 3 rings (SSSR count). The summed E-state index contributed by atoms with van der Waals surface area (Å²) in [6.07, 6.45) is 2.61. The zero-order chi connectivity index (χ0) is 13.0. The van der Waals surface area contributed by atoms with E-state index in [1.807, 2.05) is 0 Å². The molecule has 0 atom stereocenters. The monoisotopic (exact) mass is 261 g/mol. The molecule has 1 aliphatic carbocycles. The smallest absolute Gasteiger partial charge is 0.0992 e. The Morgan fingerprint density at radius 3 is 2.67 bits per heavy atom. The van der Waals surface area contributed by atoms with Gasteiger partial charge >= 0.3 is 0 Å². The summed E-state index contributed by atoms with van der Waals surface area (Å²) < 4.78 is 1.24. The van der Waals surface area contributed by atoms with Gasteiger partial charge in [-0.25, -0.2) is 4.98 Å². The summed E-state index contributed by atoms with van der Waals surface area (Å²) in [6.45, 7) is 6.58. The van der Waals surface area contributed by atoms with Crippen LogP contribution in [0.15, 0.2) is 18.2 Å². The van der Waals surface area contributed by atoms with E-state index >= 15 is 0 Å². The molecule has 0 bridgehead atoms. The molecule has 1 fully saturated rings. The number of benzene rings is 1. The fraction of sp³-hybridized carbons (Fsp3) is 0.533. The predicted octanol–water partition coefficient (Wildman–Crippen LogP) is 3.66. The van der Waals surface area contributed by atoms with Crippen LogP contribution < -0.4 is 0 Å². The fourth-order valence-corrected chi connectivity index (χ4v) is 3.22. The second-order valence-electron chi connectivity index (χ2n) is 6.43. The number of para-hydroxylation sites is 1. The normalized spacial score (nSPS) is 18.2. The molecule has 3 heteroatoms. The molecule has 0 amide bonds. The quantitative estimate of drug-likeness (QED) is 0.895. The van der Waals surface area contributed by atoms with E-state index in [9.17, 15) is 5.11 Å². The summed E-state index contributed by atoms with van der Waals surface area (Å²) in [5.74, 6) is 0. The molecule has 0 unspecified atom stereocenters. The van der Waals surface area contributed by atoms with Crippen molar-refractivity contribution in [3.8, 4) is 0 Å². The number of hydrogen-bond acceptors (Lipinski definition) is 3. The fourth-order valence-electron chi connectivity index (χ4n) is 2.14. The van der Waals surface area contributed by atoms with Crippen LogP contribution in [0, 0.1) is 0 Å². The number of fused-ring (bicyclic) bond motifs is 1. The Kier molecular flexibility index (Phi) is 2.55. The summed E-state index contributed by atoms with van der Waals surface area (Å²) in [6, 6.07) is 6.31. The number of hydrogen-bond donors (Lipinski definition) is 1. The number of nitrogens with zero attached hydrogens (tertiary/aromatic N) is 1. The van der Waals surface area contributed by atoms with Gasteiger partial charge in [-0.3, -0.25) is 0 Å². The second kappa shape index (κ2) is 3.78. The van der Waals surface area contributed by atoms with Crippen LogP contribution in [0.25, 0.3) is 10.2 Å². The minimum Gasteiger partial charge on any atom is -0.390 e. The average molecular weight is 261 g/mol. The molecule has 1 aliphatic rings. The topological polar surface area (TPSA) is 33.1 Å². The third-order valence-electron chi connectivity index (χ3n) is 3.49. The molecule has 2 nitrogen and oxygen atoms in total. The predicted molar refractivity (Wildman–Crippen MR) is 76.2 cm³/mol. The molecule has 0 aliphatic heterocycles. The summed E-state index contributed by atoms with van der Waals surface area (Å²) in [5, 5.41) is 11.3. The van der Waals surface area contributed by atoms with Gasteiger partial charge in [-0.05, 0) is 24.5 Å². The zero-order valence-corrected chi connectivity index (χ0v) is 12.0. The van der Waals surface area contributed by atoms with Crippen molar-refractivity contribution >= 4 is 21.6 Å². The standard InChI is InChI=1S/C15H19NOS/c1-14(2,3)13-16-12-10(9-15(17)7-8-15)5-4-6-11(12)18-13/h4-6,17H,7-9H2,1-3H3. The lowest BCUT2D eigenvalue weighted by Gasteiger charge is -2.13. The SMILES string of the molecule is CC(C)(C)c1nc2c(CC3(O)CC3)cccc2s1. The molecule has 1 saturated carbocycles. The van der Waals surface area contributed by atoms with Gasteiger partial charge in [0.25, 0.3) is 0 Å². The van der Waals surface area contributed by atoms with E-state index in [1.165, 1.54) is 15.3 Å². The van der Waals surface area contributed by atoms with Crippen molar-refractivity contribution in [2.45, 2.75) is 51.0 Å². The highest BCUT2D eigenvalue weighted by atomic mass is 32.1. The van der Waals surface area contributed by atoms with Crippen LogP contribution in [-0.2, 0) is 11.8 Å². The molecule has 0 spiro atoms. The molecule has 1 heterocycles. The zero-order valence-electron chi connectivity index (χ0n) is 11.2. The number of thiazole rings is 1. The highest BCUT2D eigenvalue weighted by Crippen LogP contribution is 2.40. The lowest BCUT2D eigenvalue weighted by molar-refractivity contribution is 0.151. The van der Waals surface area contributed by atoms with E-state index in [2.05, 4.69) is 39.0 Å². The van der Waals surface area contributed by atoms with Crippen LogP contribution >= 0.6 is 11.3 Å². The summed E-state index contributed by atoms with van der Waals surface area (Å²) >= 11 is 1.77. The van der Waals surface area contributed by atoms with Gasteiger partial charge < -0.3 is 5.11 Å². The van der Waals surface area contributed by atoms with Gasteiger partial charge in [0.1, 0.15) is 0 Å². The van der Waals surface area contributed by atoms with Crippen LogP contribution in [0.1, 0.15) is 44.2 Å². The minimum absolute atomic E-state index is 0.0947. The first-order chi connectivity index (χ1) is 8.37. The maximum Gasteiger partial charge on any atom is 0.0992 e. The van der Waals surface area contributed by atoms with Gasteiger partial charge in [-0.2, -0.15) is 0 Å². The summed E-state index contributed by atoms with van der Waals surface area (Å²) in [7, 11) is 0. The maximum absolute atomic E-state index is 10.1. The Balaban J connectivity index is 2.07. The van der Waals surface area contributed by atoms with Crippen molar-refractivity contribution in [2.75, 3.05) is 0 Å². The highest BCUT2D eigenvalue weighted by Gasteiger charge is 2.40. The van der Waals surface area contributed by atoms with E-state index in [0.717, 1.165) is 24.8 Å². The third-order valence-corrected chi connectivity index (χ3v) is 4.94. The first-order valence-corrected chi connectivity index (χ1v) is 7.30. The molecular weight excluding hydrogens is 242 g/mol. The van der Waals surface area contributed by atoms with Crippen LogP contribution in [0.5, 0.6) is 0 Å². The Hall–Kier alpha value is -0.930. The molecule has 18 heavy (non-hydrogen) atoms. The highest BCUT2D eigenvalue weighted by molar-refractivity contribution is 7.18. The maximum atomic E-state index is 10.1. The summed E-state index contributed by atoms with van der Waals surface area (Å²) in [5.41, 5.74) is 1.93. The third kappa shape index (κ3) is 2.17. The molecule has 1 aromatic heterocycles. The van der Waals surface area contributed by atoms with Crippen molar-refractivity contribution in [1.29, 1.82) is 0 Å². The van der Waals surface area contributed by atoms with E-state index in [-0.39, 0.29) is 5.41 Å². The van der Waals surface area contributed by atoms with E-state index < -0.39 is 5.60 Å². The van der Waals surface area contributed by atoms with E-state index in [1.54, 1.807) is 11.3 Å². The van der Waals surface area contributed by atoms with Crippen molar-refractivity contribution in [3.63, 3.8) is 0 Å². The van der Waals surface area contributed by atoms with Crippen LogP contribution in [0.4, 0.5) is 0 Å². The first-order valence-electron chi connectivity index (χ1n) is 6.49. The van der Waals surface area contributed by atoms with Gasteiger partial charge in [0.15, 0.2) is 0 Å². The molecule has 96 valence electrons. The number of aliphatic hydroxyl groups is 1. The summed E-state index contributed by atoms with van der Waals surface area (Å²) in [4.78, 5) is 4.80. The molecular formula is C15H19NOS. The Morgan fingerprint density at radius 1 is 1.33 bits per heavy atom. The van der Waals surface area contributed by atoms with Gasteiger partial charge in [-0.1, -0.05) is 32.9 Å². The second-order valence-corrected chi connectivity index (χ2v) is 7.46. The van der Waals surface area contributed by atoms with Gasteiger partial charge in [0.05, 0.1) is 20.8 Å².